The summed E-state index contributed by atoms with van der Waals surface area (Å²) >= 11 is 0. The highest BCUT2D eigenvalue weighted by atomic mass is 16.1. The number of rotatable bonds is 6. The van der Waals surface area contributed by atoms with Crippen molar-refractivity contribution in [1.82, 2.24) is 0 Å². The van der Waals surface area contributed by atoms with Gasteiger partial charge in [-0.3, -0.25) is 4.79 Å². The van der Waals surface area contributed by atoms with Crippen LogP contribution in [0.25, 0.3) is 0 Å². The molecule has 0 saturated heterocycles. The van der Waals surface area contributed by atoms with E-state index in [1.807, 2.05) is 37.3 Å². The minimum absolute atomic E-state index is 0.0262. The van der Waals surface area contributed by atoms with E-state index in [9.17, 15) is 9.59 Å². The van der Waals surface area contributed by atoms with Crippen molar-refractivity contribution in [2.75, 3.05) is 0 Å². The van der Waals surface area contributed by atoms with Gasteiger partial charge in [0.15, 0.2) is 5.78 Å². The van der Waals surface area contributed by atoms with Gasteiger partial charge in [-0.15, -0.1) is 5.92 Å². The number of carbonyl (C=O) groups excluding carboxylic acids is 2. The smallest absolute Gasteiger partial charge is 0.180 e. The molecule has 0 spiro atoms. The van der Waals surface area contributed by atoms with E-state index in [0.29, 0.717) is 24.3 Å². The molecule has 1 fully saturated rings. The van der Waals surface area contributed by atoms with Crippen molar-refractivity contribution >= 4 is 11.6 Å². The van der Waals surface area contributed by atoms with Gasteiger partial charge in [0.1, 0.15) is 5.78 Å². The maximum Gasteiger partial charge on any atom is 0.180 e. The molecule has 23 heavy (non-hydrogen) atoms. The van der Waals surface area contributed by atoms with Crippen LogP contribution in [0.5, 0.6) is 0 Å². The summed E-state index contributed by atoms with van der Waals surface area (Å²) in [6.45, 7) is 3.45. The zero-order valence-corrected chi connectivity index (χ0v) is 14.2. The van der Waals surface area contributed by atoms with Crippen LogP contribution in [-0.2, 0) is 4.79 Å². The lowest BCUT2D eigenvalue weighted by molar-refractivity contribution is -0.117. The van der Waals surface area contributed by atoms with E-state index in [2.05, 4.69) is 11.8 Å². The zero-order chi connectivity index (χ0) is 16.7. The van der Waals surface area contributed by atoms with Gasteiger partial charge in [0.25, 0.3) is 0 Å². The molecule has 2 nitrogen and oxygen atoms in total. The third kappa shape index (κ3) is 5.06. The van der Waals surface area contributed by atoms with Crippen LogP contribution in [0, 0.1) is 23.2 Å². The molecule has 1 unspecified atom stereocenters. The first-order chi connectivity index (χ1) is 11.0. The summed E-state index contributed by atoms with van der Waals surface area (Å²) in [6, 6.07) is 9.28. The Morgan fingerprint density at radius 2 is 1.83 bits per heavy atom. The second-order valence-electron chi connectivity index (χ2n) is 6.89. The molecule has 0 aliphatic heterocycles. The highest BCUT2D eigenvalue weighted by Gasteiger charge is 2.32. The van der Waals surface area contributed by atoms with Crippen LogP contribution in [0.3, 0.4) is 0 Å². The molecular formula is C21H26O2. The predicted molar refractivity (Wildman–Crippen MR) is 93.1 cm³/mol. The van der Waals surface area contributed by atoms with E-state index in [-0.39, 0.29) is 11.6 Å². The first-order valence-corrected chi connectivity index (χ1v) is 8.60. The molecule has 1 saturated carbocycles. The van der Waals surface area contributed by atoms with E-state index in [1.165, 1.54) is 25.7 Å². The average Bonchev–Trinajstić information content (AvgIpc) is 3.06. The molecule has 1 aliphatic rings. The first-order valence-electron chi connectivity index (χ1n) is 8.60. The van der Waals surface area contributed by atoms with E-state index >= 15 is 0 Å². The van der Waals surface area contributed by atoms with Gasteiger partial charge in [0, 0.05) is 18.4 Å². The molecule has 1 aliphatic carbocycles. The third-order valence-electron chi connectivity index (χ3n) is 4.74. The molecular weight excluding hydrogens is 284 g/mol. The average molecular weight is 310 g/mol. The molecule has 1 aromatic carbocycles. The van der Waals surface area contributed by atoms with Crippen LogP contribution in [0.1, 0.15) is 69.2 Å². The molecule has 0 heterocycles. The zero-order valence-electron chi connectivity index (χ0n) is 14.2. The van der Waals surface area contributed by atoms with Gasteiger partial charge >= 0.3 is 0 Å². The van der Waals surface area contributed by atoms with Crippen LogP contribution >= 0.6 is 0 Å². The second kappa shape index (κ2) is 8.11. The van der Waals surface area contributed by atoms with Crippen molar-refractivity contribution in [3.8, 4) is 11.8 Å². The highest BCUT2D eigenvalue weighted by Crippen LogP contribution is 2.30. The Bertz CT molecular complexity index is 600. The van der Waals surface area contributed by atoms with Crippen molar-refractivity contribution < 1.29 is 9.59 Å². The molecule has 0 aromatic heterocycles. The van der Waals surface area contributed by atoms with Crippen molar-refractivity contribution in [3.63, 3.8) is 0 Å². The topological polar surface area (TPSA) is 34.1 Å². The summed E-state index contributed by atoms with van der Waals surface area (Å²) in [4.78, 5) is 24.3. The Hall–Kier alpha value is -1.88. The Kier molecular flexibility index (Phi) is 6.16. The summed E-state index contributed by atoms with van der Waals surface area (Å²) in [5, 5.41) is 0. The SMILES string of the molecule is CC(=O)CCC(C)(C#CCC1CCCC1)C(=O)c1ccccc1. The summed E-state index contributed by atoms with van der Waals surface area (Å²) in [5.74, 6) is 7.30. The Morgan fingerprint density at radius 3 is 2.43 bits per heavy atom. The third-order valence-corrected chi connectivity index (χ3v) is 4.74. The highest BCUT2D eigenvalue weighted by molar-refractivity contribution is 6.02. The lowest BCUT2D eigenvalue weighted by atomic mass is 9.78. The van der Waals surface area contributed by atoms with Gasteiger partial charge in [-0.2, -0.15) is 0 Å². The molecule has 1 aromatic rings. The van der Waals surface area contributed by atoms with E-state index in [0.717, 1.165) is 6.42 Å². The standard InChI is InChI=1S/C21H26O2/c1-17(22)14-16-21(2,15-8-11-18-9-6-7-10-18)20(23)19-12-4-3-5-13-19/h3-5,12-13,18H,6-7,9-11,14,16H2,1-2H3. The molecule has 2 rings (SSSR count). The van der Waals surface area contributed by atoms with E-state index in [1.54, 1.807) is 6.92 Å². The second-order valence-corrected chi connectivity index (χ2v) is 6.89. The quantitative estimate of drug-likeness (QED) is 0.557. The number of ketones is 2. The Labute approximate surface area is 139 Å². The van der Waals surface area contributed by atoms with E-state index < -0.39 is 5.41 Å². The fourth-order valence-corrected chi connectivity index (χ4v) is 3.17. The van der Waals surface area contributed by atoms with Crippen molar-refractivity contribution in [3.05, 3.63) is 35.9 Å². The van der Waals surface area contributed by atoms with Crippen LogP contribution in [0.2, 0.25) is 0 Å². The van der Waals surface area contributed by atoms with Gasteiger partial charge in [0.05, 0.1) is 5.41 Å². The molecule has 1 atom stereocenters. The molecule has 0 radical (unpaired) electrons. The summed E-state index contributed by atoms with van der Waals surface area (Å²) in [7, 11) is 0. The summed E-state index contributed by atoms with van der Waals surface area (Å²) < 4.78 is 0. The van der Waals surface area contributed by atoms with Gasteiger partial charge in [-0.25, -0.2) is 0 Å². The fourth-order valence-electron chi connectivity index (χ4n) is 3.17. The molecule has 122 valence electrons. The van der Waals surface area contributed by atoms with Gasteiger partial charge < -0.3 is 4.79 Å². The van der Waals surface area contributed by atoms with Crippen LogP contribution in [0.4, 0.5) is 0 Å². The van der Waals surface area contributed by atoms with Crippen LogP contribution in [0.15, 0.2) is 30.3 Å². The van der Waals surface area contributed by atoms with Crippen LogP contribution < -0.4 is 0 Å². The number of Topliss-reactive ketones (excluding diaryl/α,β-unsaturated/α-hetero) is 2. The number of benzene rings is 1. The fraction of sp³-hybridized carbons (Fsp3) is 0.524. The van der Waals surface area contributed by atoms with Crippen molar-refractivity contribution in [2.24, 2.45) is 11.3 Å². The lowest BCUT2D eigenvalue weighted by Gasteiger charge is -2.22. The Balaban J connectivity index is 2.15. The molecule has 0 N–H and O–H groups in total. The molecule has 0 amide bonds. The van der Waals surface area contributed by atoms with E-state index in [4.69, 9.17) is 0 Å². The minimum Gasteiger partial charge on any atom is -0.300 e. The molecule has 2 heteroatoms. The van der Waals surface area contributed by atoms with Gasteiger partial charge in [-0.1, -0.05) is 49.1 Å². The predicted octanol–water partition coefficient (Wildman–Crippen LogP) is 4.83. The normalized spacial score (nSPS) is 17.1. The van der Waals surface area contributed by atoms with Gasteiger partial charge in [-0.05, 0) is 39.0 Å². The number of hydrogen-bond acceptors (Lipinski definition) is 2. The monoisotopic (exact) mass is 310 g/mol. The molecule has 0 bridgehead atoms. The minimum atomic E-state index is -0.772. The lowest BCUT2D eigenvalue weighted by Crippen LogP contribution is -2.27. The van der Waals surface area contributed by atoms with Crippen LogP contribution in [-0.4, -0.2) is 11.6 Å². The maximum absolute atomic E-state index is 12.9. The summed E-state index contributed by atoms with van der Waals surface area (Å²) in [5.41, 5.74) is -0.0975. The van der Waals surface area contributed by atoms with Crippen molar-refractivity contribution in [1.29, 1.82) is 0 Å². The maximum atomic E-state index is 12.9. The Morgan fingerprint density at radius 1 is 1.17 bits per heavy atom. The largest absolute Gasteiger partial charge is 0.300 e. The summed E-state index contributed by atoms with van der Waals surface area (Å²) in [6.07, 6.45) is 6.88. The first kappa shape index (κ1) is 17.5. The van der Waals surface area contributed by atoms with Gasteiger partial charge in [0.2, 0.25) is 0 Å². The number of carbonyl (C=O) groups is 2. The number of hydrogen-bond donors (Lipinski definition) is 0. The van der Waals surface area contributed by atoms with Crippen molar-refractivity contribution in [2.45, 2.75) is 58.8 Å².